The standard InChI is InChI=1S/C23H25FN8O/c1-11-27-7-14(8-28-11)33-23-30-21-19(15-5-13(24)6-18(26-2)20(15)29-21)22(31-23)32-9-12-3-4-17(25)16(12)10-32/h5-8,12,16-17,26H,3-4,9-10,25H2,1-2H3,(H,29,30,31)/t12-,16+,17-/m1/s1. The van der Waals surface area contributed by atoms with Crippen molar-refractivity contribution in [1.82, 2.24) is 24.9 Å². The molecule has 10 heteroatoms. The van der Waals surface area contributed by atoms with E-state index in [1.54, 1.807) is 19.4 Å². The summed E-state index contributed by atoms with van der Waals surface area (Å²) >= 11 is 0. The van der Waals surface area contributed by atoms with E-state index < -0.39 is 0 Å². The second-order valence-corrected chi connectivity index (χ2v) is 8.94. The molecule has 3 atom stereocenters. The molecule has 0 unspecified atom stereocenters. The number of anilines is 2. The molecule has 170 valence electrons. The van der Waals surface area contributed by atoms with Crippen LogP contribution in [0.15, 0.2) is 24.5 Å². The molecule has 0 radical (unpaired) electrons. The number of aromatic amines is 1. The Morgan fingerprint density at radius 1 is 1.18 bits per heavy atom. The maximum Gasteiger partial charge on any atom is 0.326 e. The number of fused-ring (bicyclic) bond motifs is 4. The third-order valence-corrected chi connectivity index (χ3v) is 6.93. The maximum atomic E-state index is 14.5. The second-order valence-electron chi connectivity index (χ2n) is 8.94. The first-order valence-electron chi connectivity index (χ1n) is 11.2. The number of nitrogens with two attached hydrogens (primary N) is 1. The third kappa shape index (κ3) is 3.32. The van der Waals surface area contributed by atoms with E-state index in [-0.39, 0.29) is 17.9 Å². The summed E-state index contributed by atoms with van der Waals surface area (Å²) in [7, 11) is 1.77. The van der Waals surface area contributed by atoms with Gasteiger partial charge in [0.2, 0.25) is 0 Å². The highest BCUT2D eigenvalue weighted by atomic mass is 19.1. The topological polar surface area (TPSA) is 118 Å². The first-order chi connectivity index (χ1) is 16.0. The Kier molecular flexibility index (Phi) is 4.58. The van der Waals surface area contributed by atoms with Crippen LogP contribution in [-0.4, -0.2) is 51.1 Å². The summed E-state index contributed by atoms with van der Waals surface area (Å²) in [4.78, 5) is 23.3. The molecule has 6 rings (SSSR count). The highest BCUT2D eigenvalue weighted by Gasteiger charge is 2.42. The van der Waals surface area contributed by atoms with Crippen LogP contribution in [0.25, 0.3) is 21.9 Å². The van der Waals surface area contributed by atoms with Crippen molar-refractivity contribution < 1.29 is 9.13 Å². The maximum absolute atomic E-state index is 14.5. The number of aromatic nitrogens is 5. The van der Waals surface area contributed by atoms with Gasteiger partial charge in [-0.15, -0.1) is 0 Å². The zero-order chi connectivity index (χ0) is 22.7. The summed E-state index contributed by atoms with van der Waals surface area (Å²) in [5.74, 6) is 2.47. The zero-order valence-electron chi connectivity index (χ0n) is 18.5. The van der Waals surface area contributed by atoms with Gasteiger partial charge in [0.05, 0.1) is 29.0 Å². The molecule has 0 amide bonds. The lowest BCUT2D eigenvalue weighted by Gasteiger charge is -2.21. The van der Waals surface area contributed by atoms with Crippen molar-refractivity contribution in [3.8, 4) is 11.8 Å². The number of nitrogens with zero attached hydrogens (tertiary/aromatic N) is 5. The average molecular weight is 449 g/mol. The lowest BCUT2D eigenvalue weighted by Crippen LogP contribution is -2.30. The number of ether oxygens (including phenoxy) is 1. The quantitative estimate of drug-likeness (QED) is 0.435. The molecular weight excluding hydrogens is 423 g/mol. The Balaban J connectivity index is 1.52. The van der Waals surface area contributed by atoms with Gasteiger partial charge in [0, 0.05) is 31.6 Å². The van der Waals surface area contributed by atoms with E-state index in [0.717, 1.165) is 48.0 Å². The highest BCUT2D eigenvalue weighted by molar-refractivity contribution is 6.14. The molecule has 9 nitrogen and oxygen atoms in total. The summed E-state index contributed by atoms with van der Waals surface area (Å²) in [6.45, 7) is 3.48. The summed E-state index contributed by atoms with van der Waals surface area (Å²) in [6, 6.07) is 3.38. The number of aryl methyl sites for hydroxylation is 1. The summed E-state index contributed by atoms with van der Waals surface area (Å²) in [5.41, 5.74) is 8.40. The minimum Gasteiger partial charge on any atom is -0.421 e. The van der Waals surface area contributed by atoms with Crippen LogP contribution in [0.5, 0.6) is 11.8 Å². The van der Waals surface area contributed by atoms with Gasteiger partial charge >= 0.3 is 6.01 Å². The first kappa shape index (κ1) is 20.1. The number of hydrogen-bond acceptors (Lipinski definition) is 8. The number of nitrogens with one attached hydrogen (secondary N) is 2. The monoisotopic (exact) mass is 448 g/mol. The minimum atomic E-state index is -0.323. The Morgan fingerprint density at radius 2 is 2.00 bits per heavy atom. The molecular formula is C23H25FN8O. The summed E-state index contributed by atoms with van der Waals surface area (Å²) in [5, 5.41) is 4.57. The summed E-state index contributed by atoms with van der Waals surface area (Å²) in [6.07, 6.45) is 5.37. The van der Waals surface area contributed by atoms with E-state index in [2.05, 4.69) is 30.2 Å². The predicted octanol–water partition coefficient (Wildman–Crippen LogP) is 3.36. The molecule has 33 heavy (non-hydrogen) atoms. The van der Waals surface area contributed by atoms with E-state index in [1.807, 2.05) is 6.92 Å². The number of H-pyrrole nitrogens is 1. The number of rotatable bonds is 4. The third-order valence-electron chi connectivity index (χ3n) is 6.93. The van der Waals surface area contributed by atoms with Gasteiger partial charge in [-0.2, -0.15) is 9.97 Å². The number of hydrogen-bond donors (Lipinski definition) is 3. The zero-order valence-corrected chi connectivity index (χ0v) is 18.5. The SMILES string of the molecule is CNc1cc(F)cc2c1[nH]c1nc(Oc3cnc(C)nc3)nc(N3C[C@H]4CC[C@@H](N)[C@H]4C3)c12. The van der Waals surface area contributed by atoms with Crippen molar-refractivity contribution in [2.24, 2.45) is 17.6 Å². The summed E-state index contributed by atoms with van der Waals surface area (Å²) < 4.78 is 20.4. The molecule has 4 heterocycles. The molecule has 2 fully saturated rings. The van der Waals surface area contributed by atoms with Crippen molar-refractivity contribution in [2.45, 2.75) is 25.8 Å². The predicted molar refractivity (Wildman–Crippen MR) is 124 cm³/mol. The van der Waals surface area contributed by atoms with Gasteiger partial charge in [0.1, 0.15) is 23.1 Å². The lowest BCUT2D eigenvalue weighted by atomic mass is 9.98. The fourth-order valence-electron chi connectivity index (χ4n) is 5.32. The molecule has 4 aromatic rings. The number of halogens is 1. The Bertz CT molecular complexity index is 1350. The van der Waals surface area contributed by atoms with Crippen molar-refractivity contribution in [3.05, 3.63) is 36.2 Å². The molecule has 3 aromatic heterocycles. The van der Waals surface area contributed by atoms with Gasteiger partial charge in [0.25, 0.3) is 0 Å². The fourth-order valence-corrected chi connectivity index (χ4v) is 5.32. The van der Waals surface area contributed by atoms with Crippen LogP contribution < -0.4 is 20.7 Å². The molecule has 1 saturated heterocycles. The fraction of sp³-hybridized carbons (Fsp3) is 0.391. The first-order valence-corrected chi connectivity index (χ1v) is 11.2. The lowest BCUT2D eigenvalue weighted by molar-refractivity contribution is 0.439. The Labute approximate surface area is 189 Å². The van der Waals surface area contributed by atoms with Gasteiger partial charge in [-0.05, 0) is 43.7 Å². The second kappa shape index (κ2) is 7.51. The van der Waals surface area contributed by atoms with Crippen LogP contribution in [0.2, 0.25) is 0 Å². The van der Waals surface area contributed by atoms with Gasteiger partial charge in [-0.3, -0.25) is 0 Å². The van der Waals surface area contributed by atoms with Gasteiger partial charge in [-0.25, -0.2) is 14.4 Å². The van der Waals surface area contributed by atoms with E-state index in [1.165, 1.54) is 12.1 Å². The largest absolute Gasteiger partial charge is 0.421 e. The minimum absolute atomic E-state index is 0.185. The molecule has 1 aliphatic carbocycles. The number of benzene rings is 1. The molecule has 0 bridgehead atoms. The highest BCUT2D eigenvalue weighted by Crippen LogP contribution is 2.43. The van der Waals surface area contributed by atoms with E-state index >= 15 is 0 Å². The molecule has 2 aliphatic rings. The van der Waals surface area contributed by atoms with Crippen molar-refractivity contribution in [2.75, 3.05) is 30.4 Å². The van der Waals surface area contributed by atoms with Crippen LogP contribution >= 0.6 is 0 Å². The van der Waals surface area contributed by atoms with E-state index in [4.69, 9.17) is 15.5 Å². The van der Waals surface area contributed by atoms with Crippen LogP contribution in [0, 0.1) is 24.6 Å². The molecule has 4 N–H and O–H groups in total. The molecule has 1 aromatic carbocycles. The Morgan fingerprint density at radius 3 is 2.76 bits per heavy atom. The van der Waals surface area contributed by atoms with E-state index in [0.29, 0.717) is 34.7 Å². The van der Waals surface area contributed by atoms with Crippen LogP contribution in [-0.2, 0) is 0 Å². The van der Waals surface area contributed by atoms with Gasteiger partial charge in [0.15, 0.2) is 5.75 Å². The van der Waals surface area contributed by atoms with Gasteiger partial charge in [-0.1, -0.05) is 0 Å². The van der Waals surface area contributed by atoms with E-state index in [9.17, 15) is 4.39 Å². The molecule has 1 aliphatic heterocycles. The van der Waals surface area contributed by atoms with Crippen LogP contribution in [0.3, 0.4) is 0 Å². The van der Waals surface area contributed by atoms with Crippen LogP contribution in [0.4, 0.5) is 15.9 Å². The van der Waals surface area contributed by atoms with Gasteiger partial charge < -0.3 is 25.7 Å². The van der Waals surface area contributed by atoms with Crippen molar-refractivity contribution >= 4 is 33.4 Å². The van der Waals surface area contributed by atoms with Crippen molar-refractivity contribution in [3.63, 3.8) is 0 Å². The van der Waals surface area contributed by atoms with Crippen LogP contribution in [0.1, 0.15) is 18.7 Å². The smallest absolute Gasteiger partial charge is 0.326 e. The molecule has 0 spiro atoms. The normalized spacial score (nSPS) is 22.3. The van der Waals surface area contributed by atoms with Crippen molar-refractivity contribution in [1.29, 1.82) is 0 Å². The molecule has 1 saturated carbocycles. The average Bonchev–Trinajstić information content (AvgIpc) is 3.48. The Hall–Kier alpha value is -3.53.